The van der Waals surface area contributed by atoms with Crippen molar-refractivity contribution in [1.29, 1.82) is 0 Å². The van der Waals surface area contributed by atoms with Crippen molar-refractivity contribution in [3.63, 3.8) is 0 Å². The first-order valence-electron chi connectivity index (χ1n) is 26.4. The number of aromatic amines is 1. The maximum absolute atomic E-state index is 17.3. The van der Waals surface area contributed by atoms with Gasteiger partial charge < -0.3 is 45.8 Å². The summed E-state index contributed by atoms with van der Waals surface area (Å²) in [6.45, 7) is 7.04. The number of H-pyrrole nitrogens is 1. The van der Waals surface area contributed by atoms with Crippen molar-refractivity contribution in [2.24, 2.45) is 9.98 Å². The van der Waals surface area contributed by atoms with E-state index in [1.54, 1.807) is 12.1 Å². The van der Waals surface area contributed by atoms with Crippen LogP contribution in [0.1, 0.15) is 67.0 Å². The second-order valence-corrected chi connectivity index (χ2v) is 21.1. The zero-order valence-electron chi connectivity index (χ0n) is 44.5. The van der Waals surface area contributed by atoms with E-state index in [1.807, 2.05) is 213 Å². The van der Waals surface area contributed by atoms with Gasteiger partial charge in [0.05, 0.1) is 39.6 Å². The molecule has 4 aliphatic rings. The van der Waals surface area contributed by atoms with Gasteiger partial charge in [-0.15, -0.1) is 0 Å². The highest BCUT2D eigenvalue weighted by molar-refractivity contribution is 6.72. The predicted octanol–water partition coefficient (Wildman–Crippen LogP) is 16.3. The SMILES string of the molecule is Cc1cccc(C)c1N=C1C2=[N+](c3ccccc31)[B-](F)(F)N(c1c(C)cccc1C)c1c2[nH]c2ccccc12.Cc1cccc(C)c1Nc1c2n(c3ccccc13)[B-](F)(F)[N+](c1c(C)cccc1C)=C1C2=Nc2ccccc21. The van der Waals surface area contributed by atoms with Gasteiger partial charge in [-0.05, 0) is 119 Å². The van der Waals surface area contributed by atoms with Crippen LogP contribution in [0.2, 0.25) is 0 Å². The number of hydrogen-bond donors (Lipinski definition) is 2. The number of rotatable bonds is 5. The van der Waals surface area contributed by atoms with Crippen LogP contribution in [-0.2, 0) is 0 Å². The van der Waals surface area contributed by atoms with E-state index in [1.165, 1.54) is 18.3 Å². The van der Waals surface area contributed by atoms with Gasteiger partial charge in [-0.2, -0.15) is 0 Å². The summed E-state index contributed by atoms with van der Waals surface area (Å²) in [5.74, 6) is 0. The van der Waals surface area contributed by atoms with Crippen molar-refractivity contribution in [2.75, 3.05) is 10.1 Å². The molecule has 14 rings (SSSR count). The summed E-state index contributed by atoms with van der Waals surface area (Å²) in [5, 5.41) is 5.08. The fraction of sp³-hybridized carbons (Fsp3) is 0.125. The molecule has 4 aliphatic heterocycles. The lowest BCUT2D eigenvalue weighted by Gasteiger charge is -2.41. The third kappa shape index (κ3) is 7.07. The Hall–Kier alpha value is -9.03. The summed E-state index contributed by atoms with van der Waals surface area (Å²) in [7, 11) is 0. The van der Waals surface area contributed by atoms with Crippen LogP contribution in [0, 0.1) is 55.4 Å². The fourth-order valence-corrected chi connectivity index (χ4v) is 12.6. The molecule has 0 amide bonds. The number of aromatic nitrogens is 2. The van der Waals surface area contributed by atoms with E-state index < -0.39 is 13.9 Å². The van der Waals surface area contributed by atoms with Crippen molar-refractivity contribution in [3.8, 4) is 0 Å². The molecule has 0 fully saturated rings. The summed E-state index contributed by atoms with van der Waals surface area (Å²) < 4.78 is 73.0. The molecule has 2 aromatic heterocycles. The van der Waals surface area contributed by atoms with Crippen LogP contribution in [0.3, 0.4) is 0 Å². The Morgan fingerprint density at radius 2 is 1.05 bits per heavy atom. The number of nitrogens with zero attached hydrogens (tertiary/aromatic N) is 6. The highest BCUT2D eigenvalue weighted by atomic mass is 19.3. The highest BCUT2D eigenvalue weighted by Crippen LogP contribution is 2.51. The average molecular weight is 1030 g/mol. The number of hydrogen-bond acceptors (Lipinski definition) is 4. The minimum atomic E-state index is -4.31. The molecule has 0 saturated carbocycles. The number of fused-ring (bicyclic) bond motifs is 13. The van der Waals surface area contributed by atoms with Gasteiger partial charge in [-0.3, -0.25) is 0 Å². The van der Waals surface area contributed by atoms with E-state index >= 15 is 17.3 Å². The van der Waals surface area contributed by atoms with Gasteiger partial charge in [-0.1, -0.05) is 133 Å². The van der Waals surface area contributed by atoms with E-state index in [9.17, 15) is 0 Å². The Kier molecular flexibility index (Phi) is 11.1. The molecule has 0 bridgehead atoms. The summed E-state index contributed by atoms with van der Waals surface area (Å²) in [6, 6.07) is 53.5. The smallest absolute Gasteiger partial charge is 0.389 e. The van der Waals surface area contributed by atoms with Gasteiger partial charge in [0.1, 0.15) is 11.4 Å². The highest BCUT2D eigenvalue weighted by Gasteiger charge is 2.61. The second kappa shape index (κ2) is 17.8. The van der Waals surface area contributed by atoms with Crippen molar-refractivity contribution in [3.05, 3.63) is 237 Å². The number of aryl methyl sites for hydroxylation is 8. The summed E-state index contributed by atoms with van der Waals surface area (Å²) >= 11 is 0. The Balaban J connectivity index is 0.000000148. The first kappa shape index (κ1) is 48.6. The van der Waals surface area contributed by atoms with Crippen LogP contribution in [0.25, 0.3) is 21.8 Å². The standard InChI is InChI=1S/2C32H27BF2N4/c2*1-19-11-9-12-20(2)27(19)37-28-24-16-6-8-18-26(24)38-32(28)29-31(23-15-5-7-17-25(23)36-29)39(33(38,34)35)30-21(3)13-10-14-22(30)4/h5-18,37H,1-4H3;5-18,36H,1-4H3. The van der Waals surface area contributed by atoms with Crippen LogP contribution in [0.15, 0.2) is 180 Å². The molecular formula is C64H54B2F4N8. The first-order valence-corrected chi connectivity index (χ1v) is 26.4. The van der Waals surface area contributed by atoms with Crippen LogP contribution in [-0.4, -0.2) is 55.2 Å². The normalized spacial score (nSPS) is 15.9. The summed E-state index contributed by atoms with van der Waals surface area (Å²) in [4.78, 5) is 14.9. The number of aliphatic imine (C=N–C) groups is 2. The molecule has 0 saturated heterocycles. The number of anilines is 4. The molecule has 0 unspecified atom stereocenters. The number of benzene rings is 8. The number of nitrogens with one attached hydrogen (secondary N) is 2. The Bertz CT molecular complexity index is 4290. The molecule has 10 aromatic rings. The van der Waals surface area contributed by atoms with Gasteiger partial charge in [0.2, 0.25) is 5.71 Å². The quantitative estimate of drug-likeness (QED) is 0.133. The Morgan fingerprint density at radius 1 is 0.500 bits per heavy atom. The van der Waals surface area contributed by atoms with Gasteiger partial charge in [0.15, 0.2) is 22.8 Å². The molecule has 0 radical (unpaired) electrons. The van der Waals surface area contributed by atoms with E-state index in [2.05, 4.69) is 10.3 Å². The molecule has 8 nitrogen and oxygen atoms in total. The molecule has 2 N–H and O–H groups in total. The zero-order valence-corrected chi connectivity index (χ0v) is 44.5. The molecule has 384 valence electrons. The lowest BCUT2D eigenvalue weighted by molar-refractivity contribution is -0.330. The molecule has 6 heterocycles. The van der Waals surface area contributed by atoms with Crippen LogP contribution >= 0.6 is 0 Å². The molecule has 0 spiro atoms. The van der Waals surface area contributed by atoms with E-state index in [-0.39, 0.29) is 0 Å². The van der Waals surface area contributed by atoms with E-state index in [0.29, 0.717) is 85.0 Å². The Morgan fingerprint density at radius 3 is 1.73 bits per heavy atom. The van der Waals surface area contributed by atoms with Gasteiger partial charge in [-0.25, -0.2) is 9.98 Å². The lowest BCUT2D eigenvalue weighted by Crippen LogP contribution is -2.57. The number of para-hydroxylation sites is 8. The van der Waals surface area contributed by atoms with E-state index in [4.69, 9.17) is 9.98 Å². The second-order valence-electron chi connectivity index (χ2n) is 21.1. The summed E-state index contributed by atoms with van der Waals surface area (Å²) in [6.07, 6.45) is 0. The molecule has 14 heteroatoms. The maximum Gasteiger partial charge on any atom is 0.738 e. The van der Waals surface area contributed by atoms with Crippen LogP contribution in [0.4, 0.5) is 62.8 Å². The van der Waals surface area contributed by atoms with Gasteiger partial charge in [0.25, 0.3) is 0 Å². The maximum atomic E-state index is 17.3. The first-order chi connectivity index (χ1) is 37.6. The monoisotopic (exact) mass is 1030 g/mol. The molecule has 8 aromatic carbocycles. The zero-order chi connectivity index (χ0) is 54.1. The van der Waals surface area contributed by atoms with Gasteiger partial charge in [0, 0.05) is 50.4 Å². The minimum Gasteiger partial charge on any atom is -0.389 e. The van der Waals surface area contributed by atoms with Crippen molar-refractivity contribution in [1.82, 2.24) is 9.46 Å². The van der Waals surface area contributed by atoms with E-state index in [0.717, 1.165) is 72.2 Å². The third-order valence-electron chi connectivity index (χ3n) is 16.0. The Labute approximate surface area is 450 Å². The molecule has 0 aliphatic carbocycles. The van der Waals surface area contributed by atoms with Crippen LogP contribution < -0.4 is 10.1 Å². The van der Waals surface area contributed by atoms with Crippen LogP contribution in [0.5, 0.6) is 0 Å². The van der Waals surface area contributed by atoms with Gasteiger partial charge >= 0.3 is 13.9 Å². The summed E-state index contributed by atoms with van der Waals surface area (Å²) in [5.41, 5.74) is 18.1. The lowest BCUT2D eigenvalue weighted by atomic mass is 9.83. The average Bonchev–Trinajstić information content (AvgIpc) is 3.19. The topological polar surface area (TPSA) is 66.7 Å². The third-order valence-corrected chi connectivity index (χ3v) is 16.0. The largest absolute Gasteiger partial charge is 0.738 e. The van der Waals surface area contributed by atoms with Crippen molar-refractivity contribution >= 4 is 104 Å². The number of halogens is 4. The fourth-order valence-electron chi connectivity index (χ4n) is 12.6. The predicted molar refractivity (Wildman–Crippen MR) is 314 cm³/mol. The van der Waals surface area contributed by atoms with Crippen molar-refractivity contribution in [2.45, 2.75) is 55.4 Å². The molecule has 0 atom stereocenters. The minimum absolute atomic E-state index is 0.414. The molecular weight excluding hydrogens is 978 g/mol. The molecule has 78 heavy (non-hydrogen) atoms. The van der Waals surface area contributed by atoms with Crippen molar-refractivity contribution < 1.29 is 26.2 Å².